The molecule has 0 amide bonds. The molecule has 0 heterocycles. The number of rotatable bonds is 1. The number of ether oxygens (including phenoxy) is 1. The zero-order valence-corrected chi connectivity index (χ0v) is 7.72. The lowest BCUT2D eigenvalue weighted by atomic mass is 10.2. The van der Waals surface area contributed by atoms with Crippen LogP contribution in [-0.2, 0) is 0 Å². The SMILES string of the molecule is COc1cc(Cl)ccc1C#CC#N. The Labute approximate surface area is 81.7 Å². The van der Waals surface area contributed by atoms with Gasteiger partial charge in [0, 0.05) is 17.0 Å². The molecule has 0 atom stereocenters. The molecule has 3 heteroatoms. The van der Waals surface area contributed by atoms with Crippen LogP contribution in [0.15, 0.2) is 18.2 Å². The largest absolute Gasteiger partial charge is 0.495 e. The maximum atomic E-state index is 8.26. The molecule has 2 nitrogen and oxygen atoms in total. The standard InChI is InChI=1S/C10H6ClNO/c1-13-10-7-9(11)5-4-8(10)3-2-6-12/h4-5,7H,1H3. The molecule has 0 saturated heterocycles. The molecule has 1 rings (SSSR count). The number of halogens is 1. The van der Waals surface area contributed by atoms with Gasteiger partial charge in [-0.05, 0) is 18.1 Å². The van der Waals surface area contributed by atoms with Crippen molar-refractivity contribution in [1.82, 2.24) is 0 Å². The van der Waals surface area contributed by atoms with Crippen LogP contribution in [0.2, 0.25) is 5.02 Å². The Bertz CT molecular complexity index is 409. The van der Waals surface area contributed by atoms with Gasteiger partial charge in [-0.3, -0.25) is 0 Å². The Morgan fingerprint density at radius 1 is 1.46 bits per heavy atom. The summed E-state index contributed by atoms with van der Waals surface area (Å²) in [6, 6.07) is 6.80. The molecule has 0 unspecified atom stereocenters. The maximum Gasteiger partial charge on any atom is 0.152 e. The Morgan fingerprint density at radius 3 is 2.85 bits per heavy atom. The molecule has 64 valence electrons. The van der Waals surface area contributed by atoms with Gasteiger partial charge >= 0.3 is 0 Å². The second-order valence-electron chi connectivity index (χ2n) is 2.21. The first kappa shape index (κ1) is 9.45. The third kappa shape index (κ3) is 2.40. The first-order valence-electron chi connectivity index (χ1n) is 3.51. The lowest BCUT2D eigenvalue weighted by Gasteiger charge is -2.02. The number of benzene rings is 1. The molecule has 0 saturated carbocycles. The summed E-state index contributed by atoms with van der Waals surface area (Å²) in [5.74, 6) is 5.52. The van der Waals surface area contributed by atoms with Crippen molar-refractivity contribution in [2.75, 3.05) is 7.11 Å². The van der Waals surface area contributed by atoms with Crippen LogP contribution in [0.3, 0.4) is 0 Å². The number of methoxy groups -OCH3 is 1. The van der Waals surface area contributed by atoms with E-state index in [1.165, 1.54) is 7.11 Å². The molecule has 0 aliphatic carbocycles. The maximum absolute atomic E-state index is 8.26. The molecule has 0 bridgehead atoms. The second kappa shape index (κ2) is 4.40. The fraction of sp³-hybridized carbons (Fsp3) is 0.100. The second-order valence-corrected chi connectivity index (χ2v) is 2.64. The molecule has 0 aliphatic heterocycles. The molecule has 1 aromatic rings. The molecule has 0 aliphatic rings. The highest BCUT2D eigenvalue weighted by atomic mass is 35.5. The quantitative estimate of drug-likeness (QED) is 0.638. The Balaban J connectivity index is 3.15. The van der Waals surface area contributed by atoms with E-state index in [2.05, 4.69) is 11.8 Å². The summed E-state index contributed by atoms with van der Waals surface area (Å²) >= 11 is 5.74. The van der Waals surface area contributed by atoms with E-state index in [0.29, 0.717) is 16.3 Å². The van der Waals surface area contributed by atoms with E-state index in [9.17, 15) is 0 Å². The summed E-state index contributed by atoms with van der Waals surface area (Å²) < 4.78 is 5.03. The summed E-state index contributed by atoms with van der Waals surface area (Å²) in [6.07, 6.45) is 0. The van der Waals surface area contributed by atoms with Gasteiger partial charge < -0.3 is 4.74 Å². The Morgan fingerprint density at radius 2 is 2.23 bits per heavy atom. The molecule has 1 aromatic carbocycles. The van der Waals surface area contributed by atoms with Crippen molar-refractivity contribution in [2.24, 2.45) is 0 Å². The van der Waals surface area contributed by atoms with Crippen molar-refractivity contribution in [1.29, 1.82) is 5.26 Å². The average molecular weight is 192 g/mol. The highest BCUT2D eigenvalue weighted by molar-refractivity contribution is 6.30. The normalized spacial score (nSPS) is 8.08. The minimum absolute atomic E-state index is 0.579. The van der Waals surface area contributed by atoms with Gasteiger partial charge in [-0.25, -0.2) is 0 Å². The summed E-state index contributed by atoms with van der Waals surface area (Å²) in [5.41, 5.74) is 0.661. The predicted molar refractivity (Wildman–Crippen MR) is 50.5 cm³/mol. The number of nitriles is 1. The first-order valence-corrected chi connectivity index (χ1v) is 3.89. The summed E-state index contributed by atoms with van der Waals surface area (Å²) in [5, 5.41) is 8.84. The smallest absolute Gasteiger partial charge is 0.152 e. The molecule has 0 fully saturated rings. The molecule has 0 N–H and O–H groups in total. The van der Waals surface area contributed by atoms with Crippen molar-refractivity contribution < 1.29 is 4.74 Å². The lowest BCUT2D eigenvalue weighted by molar-refractivity contribution is 0.413. The van der Waals surface area contributed by atoms with Gasteiger partial charge in [0.2, 0.25) is 0 Å². The van der Waals surface area contributed by atoms with Gasteiger partial charge in [0.15, 0.2) is 6.07 Å². The van der Waals surface area contributed by atoms with Crippen molar-refractivity contribution in [2.45, 2.75) is 0 Å². The van der Waals surface area contributed by atoms with Crippen LogP contribution in [0.4, 0.5) is 0 Å². The predicted octanol–water partition coefficient (Wildman–Crippen LogP) is 2.22. The molecule has 0 aromatic heterocycles. The number of nitrogens with zero attached hydrogens (tertiary/aromatic N) is 1. The monoisotopic (exact) mass is 191 g/mol. The molecule has 0 radical (unpaired) electrons. The third-order valence-electron chi connectivity index (χ3n) is 1.42. The van der Waals surface area contributed by atoms with E-state index in [0.717, 1.165) is 0 Å². The fourth-order valence-electron chi connectivity index (χ4n) is 0.864. The van der Waals surface area contributed by atoms with E-state index in [1.54, 1.807) is 24.3 Å². The van der Waals surface area contributed by atoms with Gasteiger partial charge in [0.1, 0.15) is 5.75 Å². The van der Waals surface area contributed by atoms with Gasteiger partial charge in [-0.15, -0.1) is 0 Å². The zero-order valence-electron chi connectivity index (χ0n) is 6.97. The van der Waals surface area contributed by atoms with Gasteiger partial charge in [-0.2, -0.15) is 5.26 Å². The summed E-state index contributed by atoms with van der Waals surface area (Å²) in [6.45, 7) is 0. The van der Waals surface area contributed by atoms with Crippen LogP contribution in [-0.4, -0.2) is 7.11 Å². The van der Waals surface area contributed by atoms with Crippen LogP contribution in [0.25, 0.3) is 0 Å². The highest BCUT2D eigenvalue weighted by Crippen LogP contribution is 2.21. The van der Waals surface area contributed by atoms with E-state index in [-0.39, 0.29) is 0 Å². The van der Waals surface area contributed by atoms with E-state index in [1.807, 2.05) is 0 Å². The van der Waals surface area contributed by atoms with Crippen molar-refractivity contribution in [3.63, 3.8) is 0 Å². The van der Waals surface area contributed by atoms with Crippen molar-refractivity contribution in [3.05, 3.63) is 28.8 Å². The minimum atomic E-state index is 0.579. The molecule has 0 spiro atoms. The Kier molecular flexibility index (Phi) is 3.20. The van der Waals surface area contributed by atoms with Crippen LogP contribution in [0.1, 0.15) is 5.56 Å². The van der Waals surface area contributed by atoms with E-state index in [4.69, 9.17) is 21.6 Å². The van der Waals surface area contributed by atoms with Gasteiger partial charge in [0.05, 0.1) is 12.7 Å². The average Bonchev–Trinajstić information content (AvgIpc) is 2.16. The van der Waals surface area contributed by atoms with Crippen LogP contribution >= 0.6 is 11.6 Å². The van der Waals surface area contributed by atoms with Crippen LogP contribution in [0.5, 0.6) is 5.75 Å². The van der Waals surface area contributed by atoms with Gasteiger partial charge in [-0.1, -0.05) is 11.6 Å². The zero-order chi connectivity index (χ0) is 9.68. The van der Waals surface area contributed by atoms with E-state index >= 15 is 0 Å². The van der Waals surface area contributed by atoms with Crippen LogP contribution in [0, 0.1) is 23.2 Å². The topological polar surface area (TPSA) is 33.0 Å². The summed E-state index contributed by atoms with van der Waals surface area (Å²) in [4.78, 5) is 0. The lowest BCUT2D eigenvalue weighted by Crippen LogP contribution is -1.86. The van der Waals surface area contributed by atoms with Crippen LogP contribution < -0.4 is 4.74 Å². The van der Waals surface area contributed by atoms with Crippen molar-refractivity contribution >= 4 is 11.6 Å². The van der Waals surface area contributed by atoms with E-state index < -0.39 is 0 Å². The Hall–Kier alpha value is -1.64. The fourth-order valence-corrected chi connectivity index (χ4v) is 1.03. The third-order valence-corrected chi connectivity index (χ3v) is 1.65. The molecule has 13 heavy (non-hydrogen) atoms. The van der Waals surface area contributed by atoms with Crippen molar-refractivity contribution in [3.8, 4) is 23.7 Å². The summed E-state index contributed by atoms with van der Waals surface area (Å²) in [7, 11) is 1.53. The minimum Gasteiger partial charge on any atom is -0.495 e. The number of hydrogen-bond donors (Lipinski definition) is 0. The molecular weight excluding hydrogens is 186 g/mol. The highest BCUT2D eigenvalue weighted by Gasteiger charge is 1.99. The first-order chi connectivity index (χ1) is 6.27. The number of hydrogen-bond acceptors (Lipinski definition) is 2. The van der Waals surface area contributed by atoms with Gasteiger partial charge in [0.25, 0.3) is 0 Å². The molecular formula is C10H6ClNO.